The Bertz CT molecular complexity index is 290. The predicted molar refractivity (Wildman–Crippen MR) is 51.3 cm³/mol. The molecule has 64 valence electrons. The molecule has 1 unspecified atom stereocenters. The van der Waals surface area contributed by atoms with Crippen LogP contribution < -0.4 is 4.90 Å². The Kier molecular flexibility index (Phi) is 1.98. The van der Waals surface area contributed by atoms with Crippen LogP contribution in [0, 0.1) is 0 Å². The van der Waals surface area contributed by atoms with Crippen LogP contribution in [0.15, 0.2) is 29.2 Å². The van der Waals surface area contributed by atoms with Gasteiger partial charge in [0.1, 0.15) is 0 Å². The Morgan fingerprint density at radius 3 is 3.00 bits per heavy atom. The van der Waals surface area contributed by atoms with E-state index in [1.54, 1.807) is 0 Å². The summed E-state index contributed by atoms with van der Waals surface area (Å²) in [5, 5.41) is 9.60. The average Bonchev–Trinajstić information content (AvgIpc) is 2.40. The molecule has 3 heteroatoms. The van der Waals surface area contributed by atoms with E-state index in [2.05, 4.69) is 0 Å². The first-order valence-electron chi connectivity index (χ1n) is 4.03. The number of hydrogen-bond donors (Lipinski definition) is 1. The van der Waals surface area contributed by atoms with Crippen molar-refractivity contribution in [3.63, 3.8) is 0 Å². The highest BCUT2D eigenvalue weighted by Crippen LogP contribution is 2.41. The lowest BCUT2D eigenvalue weighted by atomic mass is 10.3. The van der Waals surface area contributed by atoms with E-state index in [0.717, 1.165) is 12.2 Å². The van der Waals surface area contributed by atoms with E-state index in [4.69, 9.17) is 0 Å². The molecule has 2 rings (SSSR count). The van der Waals surface area contributed by atoms with Gasteiger partial charge in [-0.1, -0.05) is 23.9 Å². The van der Waals surface area contributed by atoms with Crippen molar-refractivity contribution in [3.8, 4) is 0 Å². The van der Waals surface area contributed by atoms with Gasteiger partial charge in [0, 0.05) is 11.4 Å². The second kappa shape index (κ2) is 2.99. The van der Waals surface area contributed by atoms with E-state index >= 15 is 0 Å². The van der Waals surface area contributed by atoms with Crippen molar-refractivity contribution in [2.24, 2.45) is 0 Å². The first kappa shape index (κ1) is 7.95. The summed E-state index contributed by atoms with van der Waals surface area (Å²) in [4.78, 5) is 3.16. The number of thioether (sulfide) groups is 1. The molecule has 1 aliphatic rings. The summed E-state index contributed by atoms with van der Waals surface area (Å²) >= 11 is 1.51. The second-order valence-electron chi connectivity index (χ2n) is 2.70. The van der Waals surface area contributed by atoms with Crippen molar-refractivity contribution in [2.75, 3.05) is 11.4 Å². The molecule has 0 aliphatic carbocycles. The minimum absolute atomic E-state index is 0.396. The summed E-state index contributed by atoms with van der Waals surface area (Å²) in [5.41, 5.74) is 0.755. The van der Waals surface area contributed by atoms with Gasteiger partial charge < -0.3 is 10.0 Å². The molecule has 1 aliphatic heterocycles. The highest BCUT2D eigenvalue weighted by atomic mass is 32.2. The Balaban J connectivity index is 2.40. The number of rotatable bonds is 1. The van der Waals surface area contributed by atoms with E-state index in [1.807, 2.05) is 36.1 Å². The summed E-state index contributed by atoms with van der Waals surface area (Å²) < 4.78 is 0. The molecule has 0 spiro atoms. The maximum atomic E-state index is 9.60. The molecule has 0 aromatic heterocycles. The summed E-state index contributed by atoms with van der Waals surface area (Å²) in [6, 6.07) is 8.08. The third kappa shape index (κ3) is 1.09. The molecule has 12 heavy (non-hydrogen) atoms. The minimum atomic E-state index is -0.396. The maximum Gasteiger partial charge on any atom is 0.180 e. The number of aliphatic hydroxyl groups is 1. The van der Waals surface area contributed by atoms with E-state index in [0.29, 0.717) is 0 Å². The van der Waals surface area contributed by atoms with Crippen molar-refractivity contribution in [1.82, 2.24) is 0 Å². The zero-order valence-electron chi connectivity index (χ0n) is 6.90. The van der Waals surface area contributed by atoms with Crippen LogP contribution in [-0.2, 0) is 0 Å². The van der Waals surface area contributed by atoms with Gasteiger partial charge in [-0.05, 0) is 19.1 Å². The molecule has 1 heterocycles. The number of para-hydroxylation sites is 1. The number of hydrogen-bond acceptors (Lipinski definition) is 3. The fourth-order valence-electron chi connectivity index (χ4n) is 1.42. The van der Waals surface area contributed by atoms with Gasteiger partial charge in [-0.25, -0.2) is 0 Å². The molecule has 1 aromatic carbocycles. The minimum Gasteiger partial charge on any atom is -0.364 e. The monoisotopic (exact) mass is 181 g/mol. The molecule has 0 radical (unpaired) electrons. The van der Waals surface area contributed by atoms with Crippen LogP contribution in [0.5, 0.6) is 0 Å². The van der Waals surface area contributed by atoms with E-state index in [1.165, 1.54) is 16.7 Å². The van der Waals surface area contributed by atoms with Crippen LogP contribution in [0.3, 0.4) is 0 Å². The third-order valence-electron chi connectivity index (χ3n) is 2.01. The number of nitrogens with zero attached hydrogens (tertiary/aromatic N) is 1. The van der Waals surface area contributed by atoms with Gasteiger partial charge >= 0.3 is 0 Å². The van der Waals surface area contributed by atoms with Crippen molar-refractivity contribution in [1.29, 1.82) is 0 Å². The largest absolute Gasteiger partial charge is 0.364 e. The van der Waals surface area contributed by atoms with Crippen LogP contribution >= 0.6 is 11.8 Å². The first-order chi connectivity index (χ1) is 5.83. The molecular formula is C9H11NOS. The molecule has 1 aromatic rings. The molecule has 0 bridgehead atoms. The predicted octanol–water partition coefficient (Wildman–Crippen LogP) is 1.89. The van der Waals surface area contributed by atoms with Gasteiger partial charge in [-0.2, -0.15) is 0 Å². The zero-order valence-corrected chi connectivity index (χ0v) is 7.71. The smallest absolute Gasteiger partial charge is 0.180 e. The lowest BCUT2D eigenvalue weighted by molar-refractivity contribution is 0.261. The number of aliphatic hydroxyl groups excluding tert-OH is 1. The molecule has 0 amide bonds. The Morgan fingerprint density at radius 2 is 2.25 bits per heavy atom. The molecule has 0 saturated heterocycles. The van der Waals surface area contributed by atoms with E-state index in [-0.39, 0.29) is 0 Å². The van der Waals surface area contributed by atoms with Gasteiger partial charge in [0.05, 0.1) is 5.69 Å². The maximum absolute atomic E-state index is 9.60. The fraction of sp³-hybridized carbons (Fsp3) is 0.333. The molecular weight excluding hydrogens is 170 g/mol. The average molecular weight is 181 g/mol. The Labute approximate surface area is 76.2 Å². The van der Waals surface area contributed by atoms with Crippen LogP contribution in [-0.4, -0.2) is 17.2 Å². The van der Waals surface area contributed by atoms with Crippen molar-refractivity contribution >= 4 is 17.4 Å². The normalized spacial score (nSPS) is 21.2. The first-order valence-corrected chi connectivity index (χ1v) is 4.91. The van der Waals surface area contributed by atoms with Crippen molar-refractivity contribution < 1.29 is 5.11 Å². The van der Waals surface area contributed by atoms with E-state index in [9.17, 15) is 5.11 Å². The van der Waals surface area contributed by atoms with Gasteiger partial charge in [-0.15, -0.1) is 0 Å². The molecule has 2 nitrogen and oxygen atoms in total. The highest BCUT2D eigenvalue weighted by Gasteiger charge is 2.25. The molecule has 0 fully saturated rings. The van der Waals surface area contributed by atoms with Gasteiger partial charge in [0.15, 0.2) is 5.56 Å². The van der Waals surface area contributed by atoms with Gasteiger partial charge in [0.2, 0.25) is 0 Å². The quantitative estimate of drug-likeness (QED) is 0.715. The molecule has 1 atom stereocenters. The van der Waals surface area contributed by atoms with Gasteiger partial charge in [0.25, 0.3) is 0 Å². The topological polar surface area (TPSA) is 23.5 Å². The van der Waals surface area contributed by atoms with Crippen LogP contribution in [0.2, 0.25) is 0 Å². The standard InChI is InChI=1S/C9H11NOS/c1-2-10-7-5-3-4-6-8(7)12-9(10)11/h3-6,9,11H,2H2,1H3. The Morgan fingerprint density at radius 1 is 1.50 bits per heavy atom. The summed E-state index contributed by atoms with van der Waals surface area (Å²) in [7, 11) is 0. The fourth-order valence-corrected chi connectivity index (χ4v) is 2.50. The highest BCUT2D eigenvalue weighted by molar-refractivity contribution is 8.00. The van der Waals surface area contributed by atoms with Crippen LogP contribution in [0.1, 0.15) is 6.92 Å². The van der Waals surface area contributed by atoms with Crippen molar-refractivity contribution in [2.45, 2.75) is 17.4 Å². The zero-order chi connectivity index (χ0) is 8.55. The Hall–Kier alpha value is -0.670. The molecule has 0 saturated carbocycles. The van der Waals surface area contributed by atoms with Crippen molar-refractivity contribution in [3.05, 3.63) is 24.3 Å². The third-order valence-corrected chi connectivity index (χ3v) is 3.08. The number of anilines is 1. The number of fused-ring (bicyclic) bond motifs is 1. The summed E-state index contributed by atoms with van der Waals surface area (Å²) in [6.45, 7) is 2.90. The SMILES string of the molecule is CCN1c2ccccc2SC1O. The summed E-state index contributed by atoms with van der Waals surface area (Å²) in [5.74, 6) is 0. The lowest BCUT2D eigenvalue weighted by Crippen LogP contribution is -2.28. The molecule has 1 N–H and O–H groups in total. The second-order valence-corrected chi connectivity index (χ2v) is 3.80. The van der Waals surface area contributed by atoms with Crippen LogP contribution in [0.4, 0.5) is 5.69 Å². The van der Waals surface area contributed by atoms with Crippen LogP contribution in [0.25, 0.3) is 0 Å². The van der Waals surface area contributed by atoms with Gasteiger partial charge in [-0.3, -0.25) is 0 Å². The lowest BCUT2D eigenvalue weighted by Gasteiger charge is -2.19. The van der Waals surface area contributed by atoms with E-state index < -0.39 is 5.56 Å². The number of benzene rings is 1. The summed E-state index contributed by atoms with van der Waals surface area (Å²) in [6.07, 6.45) is 0.